The second kappa shape index (κ2) is 4.74. The molecule has 24 heavy (non-hydrogen) atoms. The number of benzene rings is 2. The summed E-state index contributed by atoms with van der Waals surface area (Å²) >= 11 is 1.67. The highest BCUT2D eigenvalue weighted by Crippen LogP contribution is 2.56. The fourth-order valence-corrected chi connectivity index (χ4v) is 5.38. The Labute approximate surface area is 142 Å². The number of para-hydroxylation sites is 1. The van der Waals surface area contributed by atoms with Crippen molar-refractivity contribution in [3.63, 3.8) is 0 Å². The van der Waals surface area contributed by atoms with Crippen LogP contribution in [0.25, 0.3) is 10.9 Å². The Morgan fingerprint density at radius 3 is 2.29 bits per heavy atom. The number of hydrogen-bond acceptors (Lipinski definition) is 3. The SMILES string of the molecule is Cn1c2c(c3ccccc31)C(c1ccccc1)SC2n1c(=O)c1=O. The number of hydrogen-bond donors (Lipinski definition) is 0. The third kappa shape index (κ3) is 1.70. The molecule has 0 saturated carbocycles. The van der Waals surface area contributed by atoms with E-state index in [4.69, 9.17) is 0 Å². The van der Waals surface area contributed by atoms with E-state index in [1.807, 2.05) is 37.4 Å². The van der Waals surface area contributed by atoms with Crippen LogP contribution in [0.4, 0.5) is 0 Å². The monoisotopic (exact) mass is 334 g/mol. The first-order valence-electron chi connectivity index (χ1n) is 7.83. The van der Waals surface area contributed by atoms with Gasteiger partial charge in [-0.05, 0) is 11.6 Å². The molecule has 2 unspecified atom stereocenters. The molecule has 0 bridgehead atoms. The fourth-order valence-electron chi connectivity index (χ4n) is 3.69. The lowest BCUT2D eigenvalue weighted by Crippen LogP contribution is -2.07. The van der Waals surface area contributed by atoms with Crippen LogP contribution in [0.3, 0.4) is 0 Å². The van der Waals surface area contributed by atoms with Crippen LogP contribution in [0.5, 0.6) is 0 Å². The topological polar surface area (TPSA) is 44.0 Å². The number of aryl methyl sites for hydroxylation is 1. The standard InChI is InChI=1S/C19H14N2O2S/c1-20-13-10-6-5-9-12(13)14-15(20)19(21-17(22)18(21)23)24-16(14)11-7-3-2-4-8-11/h2-10,16,19H,1H3. The van der Waals surface area contributed by atoms with E-state index in [0.29, 0.717) is 0 Å². The quantitative estimate of drug-likeness (QED) is 0.529. The molecule has 2 aromatic heterocycles. The summed E-state index contributed by atoms with van der Waals surface area (Å²) in [6, 6.07) is 18.5. The average Bonchev–Trinajstić information content (AvgIpc) is 2.98. The van der Waals surface area contributed by atoms with E-state index < -0.39 is 0 Å². The highest BCUT2D eigenvalue weighted by Gasteiger charge is 2.42. The zero-order valence-corrected chi connectivity index (χ0v) is 13.8. The second-order valence-electron chi connectivity index (χ2n) is 6.13. The van der Waals surface area contributed by atoms with Crippen LogP contribution in [0, 0.1) is 0 Å². The lowest BCUT2D eigenvalue weighted by atomic mass is 10.0. The van der Waals surface area contributed by atoms with Gasteiger partial charge in [-0.1, -0.05) is 48.5 Å². The Hall–Kier alpha value is -2.53. The Bertz CT molecular complexity index is 1120. The summed E-state index contributed by atoms with van der Waals surface area (Å²) in [5.41, 5.74) is 3.87. The first-order chi connectivity index (χ1) is 11.7. The molecule has 0 radical (unpaired) electrons. The number of nitrogens with zero attached hydrogens (tertiary/aromatic N) is 2. The van der Waals surface area contributed by atoms with Crippen molar-refractivity contribution in [2.75, 3.05) is 0 Å². The smallest absolute Gasteiger partial charge is 0.320 e. The van der Waals surface area contributed by atoms with Crippen molar-refractivity contribution in [1.82, 2.24) is 9.13 Å². The zero-order chi connectivity index (χ0) is 16.4. The van der Waals surface area contributed by atoms with Gasteiger partial charge in [-0.3, -0.25) is 9.59 Å². The van der Waals surface area contributed by atoms with Crippen LogP contribution in [-0.2, 0) is 7.05 Å². The molecule has 4 nitrogen and oxygen atoms in total. The Morgan fingerprint density at radius 1 is 0.917 bits per heavy atom. The van der Waals surface area contributed by atoms with Crippen LogP contribution in [-0.4, -0.2) is 9.13 Å². The predicted molar refractivity (Wildman–Crippen MR) is 96.3 cm³/mol. The molecule has 118 valence electrons. The van der Waals surface area contributed by atoms with E-state index in [2.05, 4.69) is 28.8 Å². The molecule has 0 saturated heterocycles. The molecular formula is C19H14N2O2S. The van der Waals surface area contributed by atoms with E-state index in [1.165, 1.54) is 21.1 Å². The average molecular weight is 334 g/mol. The van der Waals surface area contributed by atoms with Crippen molar-refractivity contribution < 1.29 is 0 Å². The van der Waals surface area contributed by atoms with Crippen molar-refractivity contribution in [3.05, 3.63) is 92.1 Å². The first-order valence-corrected chi connectivity index (χ1v) is 8.78. The molecule has 0 aliphatic carbocycles. The summed E-state index contributed by atoms with van der Waals surface area (Å²) < 4.78 is 3.51. The van der Waals surface area contributed by atoms with Gasteiger partial charge in [-0.15, -0.1) is 11.8 Å². The Balaban J connectivity index is 1.81. The molecule has 1 aliphatic rings. The molecule has 5 heteroatoms. The maximum Gasteiger partial charge on any atom is 0.320 e. The minimum absolute atomic E-state index is 0.124. The minimum atomic E-state index is -0.377. The third-order valence-corrected chi connectivity index (χ3v) is 6.33. The van der Waals surface area contributed by atoms with Gasteiger partial charge in [0.2, 0.25) is 0 Å². The van der Waals surface area contributed by atoms with Gasteiger partial charge in [0.15, 0.2) is 0 Å². The summed E-state index contributed by atoms with van der Waals surface area (Å²) in [6.07, 6.45) is 0. The van der Waals surface area contributed by atoms with Crippen LogP contribution in [0.15, 0.2) is 64.2 Å². The molecule has 2 aromatic carbocycles. The highest BCUT2D eigenvalue weighted by molar-refractivity contribution is 8.00. The van der Waals surface area contributed by atoms with Crippen molar-refractivity contribution in [1.29, 1.82) is 0 Å². The Morgan fingerprint density at radius 2 is 1.58 bits per heavy atom. The summed E-state index contributed by atoms with van der Waals surface area (Å²) in [5.74, 6) is 0. The highest BCUT2D eigenvalue weighted by atomic mass is 32.2. The number of fused-ring (bicyclic) bond motifs is 3. The molecule has 4 aromatic rings. The largest absolute Gasteiger partial charge is 0.345 e. The van der Waals surface area contributed by atoms with Gasteiger partial charge >= 0.3 is 11.1 Å². The molecule has 0 spiro atoms. The predicted octanol–water partition coefficient (Wildman–Crippen LogP) is 2.96. The van der Waals surface area contributed by atoms with Gasteiger partial charge < -0.3 is 4.57 Å². The van der Waals surface area contributed by atoms with Crippen LogP contribution in [0.1, 0.15) is 27.4 Å². The van der Waals surface area contributed by atoms with Gasteiger partial charge in [0.1, 0.15) is 5.37 Å². The van der Waals surface area contributed by atoms with E-state index in [-0.39, 0.29) is 21.7 Å². The van der Waals surface area contributed by atoms with Crippen molar-refractivity contribution in [2.45, 2.75) is 10.6 Å². The van der Waals surface area contributed by atoms with Gasteiger partial charge in [-0.2, -0.15) is 0 Å². The lowest BCUT2D eigenvalue weighted by molar-refractivity contribution is 0.756. The summed E-state index contributed by atoms with van der Waals surface area (Å²) in [4.78, 5) is 23.5. The molecule has 0 fully saturated rings. The molecule has 0 amide bonds. The minimum Gasteiger partial charge on any atom is -0.345 e. The van der Waals surface area contributed by atoms with Gasteiger partial charge in [0.25, 0.3) is 0 Å². The Kier molecular flexibility index (Phi) is 2.74. The van der Waals surface area contributed by atoms with Gasteiger partial charge in [-0.25, -0.2) is 4.57 Å². The van der Waals surface area contributed by atoms with Crippen LogP contribution < -0.4 is 11.1 Å². The first kappa shape index (κ1) is 13.9. The molecule has 0 N–H and O–H groups in total. The molecule has 5 rings (SSSR count). The summed E-state index contributed by atoms with van der Waals surface area (Å²) in [6.45, 7) is 0. The normalized spacial score (nSPS) is 20.0. The van der Waals surface area contributed by atoms with Gasteiger partial charge in [0.05, 0.1) is 10.9 Å². The zero-order valence-electron chi connectivity index (χ0n) is 13.0. The molecule has 3 heterocycles. The fraction of sp³-hybridized carbons (Fsp3) is 0.158. The lowest BCUT2D eigenvalue weighted by Gasteiger charge is -2.13. The van der Waals surface area contributed by atoms with Crippen molar-refractivity contribution in [3.8, 4) is 0 Å². The third-order valence-electron chi connectivity index (χ3n) is 4.86. The summed E-state index contributed by atoms with van der Waals surface area (Å²) in [7, 11) is 2.01. The maximum absolute atomic E-state index is 11.7. The van der Waals surface area contributed by atoms with E-state index in [0.717, 1.165) is 11.2 Å². The van der Waals surface area contributed by atoms with E-state index in [1.54, 1.807) is 11.8 Å². The van der Waals surface area contributed by atoms with E-state index in [9.17, 15) is 9.59 Å². The van der Waals surface area contributed by atoms with Crippen molar-refractivity contribution in [2.24, 2.45) is 7.05 Å². The van der Waals surface area contributed by atoms with Crippen molar-refractivity contribution >= 4 is 22.7 Å². The number of aromatic nitrogens is 2. The van der Waals surface area contributed by atoms with Gasteiger partial charge in [0, 0.05) is 23.5 Å². The van der Waals surface area contributed by atoms with E-state index >= 15 is 0 Å². The maximum atomic E-state index is 11.7. The number of thioether (sulfide) groups is 1. The van der Waals surface area contributed by atoms with Crippen LogP contribution >= 0.6 is 11.8 Å². The number of rotatable bonds is 2. The van der Waals surface area contributed by atoms with Crippen LogP contribution in [0.2, 0.25) is 0 Å². The second-order valence-corrected chi connectivity index (χ2v) is 7.32. The molecular weight excluding hydrogens is 320 g/mol. The summed E-state index contributed by atoms with van der Waals surface area (Å²) in [5, 5.41) is 1.08. The molecule has 1 aliphatic heterocycles. The molecule has 2 atom stereocenters.